The average molecular weight is 269 g/mol. The molecule has 0 aliphatic rings. The van der Waals surface area contributed by atoms with Crippen molar-refractivity contribution in [3.63, 3.8) is 0 Å². The van der Waals surface area contributed by atoms with E-state index in [4.69, 9.17) is 4.74 Å². The van der Waals surface area contributed by atoms with Gasteiger partial charge in [-0.3, -0.25) is 0 Å². The number of rotatable bonds is 3. The molecule has 1 N–H and O–H groups in total. The third kappa shape index (κ3) is 2.27. The van der Waals surface area contributed by atoms with Crippen LogP contribution in [0.4, 0.5) is 5.69 Å². The van der Waals surface area contributed by atoms with E-state index in [9.17, 15) is 0 Å². The van der Waals surface area contributed by atoms with Crippen LogP contribution in [0.2, 0.25) is 0 Å². The molecule has 0 fully saturated rings. The van der Waals surface area contributed by atoms with Gasteiger partial charge in [-0.15, -0.1) is 11.3 Å². The van der Waals surface area contributed by atoms with Gasteiger partial charge in [0.1, 0.15) is 10.8 Å². The summed E-state index contributed by atoms with van der Waals surface area (Å²) >= 11 is 1.68. The molecule has 2 aromatic carbocycles. The Balaban J connectivity index is 2.04. The monoisotopic (exact) mass is 269 g/mol. The number of fused-ring (bicyclic) bond motifs is 1. The number of nitrogens with one attached hydrogen (secondary N) is 1. The van der Waals surface area contributed by atoms with Crippen LogP contribution in [-0.2, 0) is 0 Å². The Hall–Kier alpha value is -2.07. The number of methoxy groups -OCH3 is 1. The predicted molar refractivity (Wildman–Crippen MR) is 81.2 cm³/mol. The van der Waals surface area contributed by atoms with Gasteiger partial charge in [0.15, 0.2) is 0 Å². The molecule has 3 rings (SSSR count). The van der Waals surface area contributed by atoms with Gasteiger partial charge in [0, 0.05) is 18.3 Å². The van der Waals surface area contributed by atoms with Crippen LogP contribution >= 0.6 is 11.3 Å². The summed E-state index contributed by atoms with van der Waals surface area (Å²) < 4.78 is 6.38. The summed E-state index contributed by atoms with van der Waals surface area (Å²) in [5, 5.41) is 4.15. The minimum absolute atomic E-state index is 0.869. The smallest absolute Gasteiger partial charge is 0.124 e. The lowest BCUT2D eigenvalue weighted by Gasteiger charge is -2.00. The fourth-order valence-electron chi connectivity index (χ4n) is 1.93. The topological polar surface area (TPSA) is 34.1 Å². The van der Waals surface area contributed by atoms with E-state index in [0.717, 1.165) is 32.2 Å². The van der Waals surface area contributed by atoms with Crippen LogP contribution in [0.3, 0.4) is 0 Å². The molecule has 0 saturated heterocycles. The number of nitrogens with zero attached hydrogens (tertiary/aromatic N) is 1. The fourth-order valence-corrected chi connectivity index (χ4v) is 2.93. The second-order valence-corrected chi connectivity index (χ2v) is 5.21. The maximum atomic E-state index is 5.24. The normalized spacial score (nSPS) is 10.6. The third-order valence-electron chi connectivity index (χ3n) is 3.02. The molecular formula is C15H14N2OS. The first kappa shape index (κ1) is 12.0. The summed E-state index contributed by atoms with van der Waals surface area (Å²) in [5.74, 6) is 0.869. The van der Waals surface area contributed by atoms with Gasteiger partial charge in [-0.1, -0.05) is 0 Å². The SMILES string of the molecule is COc1ccc2nc(-c3ccc(N[11CH3])cc3)sc2c1. The van der Waals surface area contributed by atoms with Crippen LogP contribution in [0.1, 0.15) is 0 Å². The van der Waals surface area contributed by atoms with Gasteiger partial charge in [0.05, 0.1) is 17.3 Å². The Morgan fingerprint density at radius 3 is 2.58 bits per heavy atom. The molecule has 0 bridgehead atoms. The molecule has 19 heavy (non-hydrogen) atoms. The number of thiazole rings is 1. The Bertz CT molecular complexity index is 704. The lowest BCUT2D eigenvalue weighted by molar-refractivity contribution is 0.415. The first-order valence-electron chi connectivity index (χ1n) is 6.03. The zero-order valence-corrected chi connectivity index (χ0v) is 11.6. The number of anilines is 1. The summed E-state index contributed by atoms with van der Waals surface area (Å²) in [6, 6.07) is 14.2. The zero-order chi connectivity index (χ0) is 13.2. The number of benzene rings is 2. The van der Waals surface area contributed by atoms with E-state index in [-0.39, 0.29) is 0 Å². The van der Waals surface area contributed by atoms with Crippen molar-refractivity contribution in [1.29, 1.82) is 0 Å². The van der Waals surface area contributed by atoms with Crippen molar-refractivity contribution in [3.8, 4) is 16.3 Å². The molecule has 0 amide bonds. The van der Waals surface area contributed by atoms with Crippen molar-refractivity contribution in [2.75, 3.05) is 19.5 Å². The molecule has 0 saturated carbocycles. The largest absolute Gasteiger partial charge is 0.497 e. The van der Waals surface area contributed by atoms with Gasteiger partial charge in [-0.2, -0.15) is 0 Å². The summed E-state index contributed by atoms with van der Waals surface area (Å²) in [6.07, 6.45) is 0. The Morgan fingerprint density at radius 2 is 1.89 bits per heavy atom. The number of hydrogen-bond acceptors (Lipinski definition) is 4. The second-order valence-electron chi connectivity index (χ2n) is 4.18. The quantitative estimate of drug-likeness (QED) is 0.780. The van der Waals surface area contributed by atoms with Crippen LogP contribution in [0.5, 0.6) is 5.75 Å². The van der Waals surface area contributed by atoms with Crippen molar-refractivity contribution < 1.29 is 4.74 Å². The van der Waals surface area contributed by atoms with Crippen LogP contribution < -0.4 is 10.1 Å². The van der Waals surface area contributed by atoms with E-state index in [1.54, 1.807) is 18.4 Å². The fraction of sp³-hybridized carbons (Fsp3) is 0.133. The van der Waals surface area contributed by atoms with E-state index in [1.165, 1.54) is 0 Å². The predicted octanol–water partition coefficient (Wildman–Crippen LogP) is 4.01. The van der Waals surface area contributed by atoms with Gasteiger partial charge in [0.25, 0.3) is 0 Å². The highest BCUT2D eigenvalue weighted by Crippen LogP contribution is 2.32. The van der Waals surface area contributed by atoms with Gasteiger partial charge >= 0.3 is 0 Å². The van der Waals surface area contributed by atoms with Gasteiger partial charge in [-0.05, 0) is 42.5 Å². The molecule has 0 spiro atoms. The number of ether oxygens (including phenoxy) is 1. The first-order valence-corrected chi connectivity index (χ1v) is 6.84. The van der Waals surface area contributed by atoms with E-state index in [0.29, 0.717) is 0 Å². The molecule has 0 radical (unpaired) electrons. The lowest BCUT2D eigenvalue weighted by atomic mass is 10.2. The summed E-state index contributed by atoms with van der Waals surface area (Å²) in [7, 11) is 3.60. The van der Waals surface area contributed by atoms with E-state index < -0.39 is 0 Å². The molecule has 0 unspecified atom stereocenters. The lowest BCUT2D eigenvalue weighted by Crippen LogP contribution is -1.86. The van der Waals surface area contributed by atoms with Crippen LogP contribution in [0, 0.1) is 0 Å². The number of aromatic nitrogens is 1. The highest BCUT2D eigenvalue weighted by molar-refractivity contribution is 7.21. The molecule has 3 nitrogen and oxygen atoms in total. The Morgan fingerprint density at radius 1 is 1.11 bits per heavy atom. The van der Waals surface area contributed by atoms with E-state index >= 15 is 0 Å². The van der Waals surface area contributed by atoms with Crippen LogP contribution in [0.25, 0.3) is 20.8 Å². The van der Waals surface area contributed by atoms with Crippen molar-refractivity contribution in [2.45, 2.75) is 0 Å². The highest BCUT2D eigenvalue weighted by atomic mass is 32.1. The van der Waals surface area contributed by atoms with Crippen LogP contribution in [-0.4, -0.2) is 19.1 Å². The van der Waals surface area contributed by atoms with E-state index in [2.05, 4.69) is 34.6 Å². The van der Waals surface area contributed by atoms with Crippen molar-refractivity contribution in [1.82, 2.24) is 4.98 Å². The molecule has 3 aromatic rings. The average Bonchev–Trinajstić information content (AvgIpc) is 2.90. The maximum absolute atomic E-state index is 5.24. The molecular weight excluding hydrogens is 255 g/mol. The van der Waals surface area contributed by atoms with Gasteiger partial charge < -0.3 is 10.1 Å². The molecule has 1 heterocycles. The summed E-state index contributed by atoms with van der Waals surface area (Å²) in [4.78, 5) is 4.66. The number of hydrogen-bond donors (Lipinski definition) is 1. The zero-order valence-electron chi connectivity index (χ0n) is 10.8. The van der Waals surface area contributed by atoms with Crippen molar-refractivity contribution >= 4 is 27.2 Å². The first-order chi connectivity index (χ1) is 9.30. The van der Waals surface area contributed by atoms with E-state index in [1.807, 2.05) is 25.2 Å². The standard InChI is InChI=1S/C15H14N2OS/c1-16-11-5-3-10(4-6-11)15-17-13-8-7-12(18-2)9-14(13)19-15/h3-9,16H,1-2H3/i1-1. The molecule has 0 aliphatic carbocycles. The van der Waals surface area contributed by atoms with Crippen molar-refractivity contribution in [3.05, 3.63) is 42.5 Å². The molecule has 0 aliphatic heterocycles. The summed E-state index contributed by atoms with van der Waals surface area (Å²) in [5.41, 5.74) is 3.25. The van der Waals surface area contributed by atoms with Crippen molar-refractivity contribution in [2.24, 2.45) is 0 Å². The van der Waals surface area contributed by atoms with Gasteiger partial charge in [0.2, 0.25) is 0 Å². The summed E-state index contributed by atoms with van der Waals surface area (Å²) in [6.45, 7) is 0. The highest BCUT2D eigenvalue weighted by Gasteiger charge is 2.07. The minimum Gasteiger partial charge on any atom is -0.497 e. The Kier molecular flexibility index (Phi) is 3.09. The van der Waals surface area contributed by atoms with Crippen LogP contribution in [0.15, 0.2) is 42.5 Å². The Labute approximate surface area is 115 Å². The molecule has 0 atom stereocenters. The minimum atomic E-state index is 0.869. The molecule has 1 aromatic heterocycles. The third-order valence-corrected chi connectivity index (χ3v) is 4.08. The molecule has 96 valence electrons. The molecule has 4 heteroatoms. The maximum Gasteiger partial charge on any atom is 0.124 e. The van der Waals surface area contributed by atoms with Gasteiger partial charge in [-0.25, -0.2) is 4.98 Å². The second kappa shape index (κ2) is 4.90.